The summed E-state index contributed by atoms with van der Waals surface area (Å²) >= 11 is 0. The number of hydrogen-bond acceptors (Lipinski definition) is 2. The van der Waals surface area contributed by atoms with Crippen LogP contribution in [0.2, 0.25) is 0 Å². The van der Waals surface area contributed by atoms with Crippen molar-refractivity contribution in [2.45, 2.75) is 26.8 Å². The van der Waals surface area contributed by atoms with Gasteiger partial charge < -0.3 is 4.90 Å². The highest BCUT2D eigenvalue weighted by molar-refractivity contribution is 5.78. The van der Waals surface area contributed by atoms with Gasteiger partial charge in [-0.15, -0.1) is 0 Å². The second-order valence-corrected chi connectivity index (χ2v) is 5.46. The zero-order chi connectivity index (χ0) is 13.0. The summed E-state index contributed by atoms with van der Waals surface area (Å²) < 4.78 is 0. The van der Waals surface area contributed by atoms with Gasteiger partial charge in [0.15, 0.2) is 0 Å². The van der Waals surface area contributed by atoms with Gasteiger partial charge in [-0.1, -0.05) is 32.0 Å². The molecular formula is C16H22N2. The van der Waals surface area contributed by atoms with Crippen molar-refractivity contribution in [3.63, 3.8) is 0 Å². The molecule has 96 valence electrons. The highest BCUT2D eigenvalue weighted by Gasteiger charge is 2.03. The van der Waals surface area contributed by atoms with E-state index in [1.807, 2.05) is 12.3 Å². The van der Waals surface area contributed by atoms with Gasteiger partial charge in [-0.25, -0.2) is 0 Å². The SMILES string of the molecule is CC(C)CCN(C)Cc1cnc2ccccc2c1. The first-order valence-electron chi connectivity index (χ1n) is 6.67. The molecule has 0 saturated carbocycles. The molecule has 18 heavy (non-hydrogen) atoms. The maximum Gasteiger partial charge on any atom is 0.0702 e. The monoisotopic (exact) mass is 242 g/mol. The lowest BCUT2D eigenvalue weighted by Crippen LogP contribution is -2.20. The van der Waals surface area contributed by atoms with Gasteiger partial charge in [0.2, 0.25) is 0 Å². The van der Waals surface area contributed by atoms with Crippen molar-refractivity contribution < 1.29 is 0 Å². The number of pyridine rings is 1. The summed E-state index contributed by atoms with van der Waals surface area (Å²) in [6.07, 6.45) is 3.24. The zero-order valence-electron chi connectivity index (χ0n) is 11.6. The van der Waals surface area contributed by atoms with Crippen LogP contribution in [0.25, 0.3) is 10.9 Å². The van der Waals surface area contributed by atoms with E-state index in [2.05, 4.69) is 55.0 Å². The molecule has 0 N–H and O–H groups in total. The fourth-order valence-corrected chi connectivity index (χ4v) is 2.07. The molecule has 2 aromatic rings. The lowest BCUT2D eigenvalue weighted by Gasteiger charge is -2.17. The molecule has 0 bridgehead atoms. The molecular weight excluding hydrogens is 220 g/mol. The minimum absolute atomic E-state index is 0.766. The summed E-state index contributed by atoms with van der Waals surface area (Å²) in [6.45, 7) is 6.66. The van der Waals surface area contributed by atoms with Gasteiger partial charge >= 0.3 is 0 Å². The van der Waals surface area contributed by atoms with E-state index in [1.54, 1.807) is 0 Å². The number of rotatable bonds is 5. The predicted molar refractivity (Wildman–Crippen MR) is 77.5 cm³/mol. The topological polar surface area (TPSA) is 16.1 Å². The molecule has 2 heteroatoms. The molecule has 0 aliphatic carbocycles. The van der Waals surface area contributed by atoms with Crippen LogP contribution in [0.1, 0.15) is 25.8 Å². The van der Waals surface area contributed by atoms with E-state index in [0.717, 1.165) is 24.5 Å². The van der Waals surface area contributed by atoms with Crippen molar-refractivity contribution >= 4 is 10.9 Å². The van der Waals surface area contributed by atoms with Crippen LogP contribution in [0.5, 0.6) is 0 Å². The summed E-state index contributed by atoms with van der Waals surface area (Å²) in [5, 5.41) is 1.23. The van der Waals surface area contributed by atoms with Crippen LogP contribution in [0.4, 0.5) is 0 Å². The quantitative estimate of drug-likeness (QED) is 0.794. The molecule has 0 aliphatic rings. The molecule has 0 unspecified atom stereocenters. The van der Waals surface area contributed by atoms with Crippen molar-refractivity contribution in [1.82, 2.24) is 9.88 Å². The molecule has 2 nitrogen and oxygen atoms in total. The van der Waals surface area contributed by atoms with E-state index in [0.29, 0.717) is 0 Å². The molecule has 1 heterocycles. The van der Waals surface area contributed by atoms with Crippen LogP contribution >= 0.6 is 0 Å². The fourth-order valence-electron chi connectivity index (χ4n) is 2.07. The fraction of sp³-hybridized carbons (Fsp3) is 0.438. The first kappa shape index (κ1) is 13.0. The maximum absolute atomic E-state index is 4.50. The average molecular weight is 242 g/mol. The highest BCUT2D eigenvalue weighted by Crippen LogP contribution is 2.14. The molecule has 0 saturated heterocycles. The van der Waals surface area contributed by atoms with Crippen molar-refractivity contribution in [2.75, 3.05) is 13.6 Å². The molecule has 1 aromatic carbocycles. The number of para-hydroxylation sites is 1. The number of hydrogen-bond donors (Lipinski definition) is 0. The van der Waals surface area contributed by atoms with Gasteiger partial charge in [0.25, 0.3) is 0 Å². The van der Waals surface area contributed by atoms with Crippen LogP contribution in [0.3, 0.4) is 0 Å². The van der Waals surface area contributed by atoms with Gasteiger partial charge in [0.1, 0.15) is 0 Å². The van der Waals surface area contributed by atoms with Crippen molar-refractivity contribution in [3.8, 4) is 0 Å². The Kier molecular flexibility index (Phi) is 4.32. The molecule has 0 aliphatic heterocycles. The van der Waals surface area contributed by atoms with Gasteiger partial charge in [0, 0.05) is 18.1 Å². The molecule has 0 radical (unpaired) electrons. The Bertz CT molecular complexity index is 505. The molecule has 1 aromatic heterocycles. The Labute approximate surface area is 110 Å². The molecule has 0 amide bonds. The third-order valence-electron chi connectivity index (χ3n) is 3.19. The van der Waals surface area contributed by atoms with E-state index in [-0.39, 0.29) is 0 Å². The Balaban J connectivity index is 2.03. The zero-order valence-corrected chi connectivity index (χ0v) is 11.6. The standard InChI is InChI=1S/C16H22N2/c1-13(2)8-9-18(3)12-14-10-15-6-4-5-7-16(15)17-11-14/h4-7,10-11,13H,8-9,12H2,1-3H3. The minimum Gasteiger partial charge on any atom is -0.302 e. The third-order valence-corrected chi connectivity index (χ3v) is 3.19. The van der Waals surface area contributed by atoms with Crippen molar-refractivity contribution in [1.29, 1.82) is 0 Å². The van der Waals surface area contributed by atoms with Crippen LogP contribution in [-0.4, -0.2) is 23.5 Å². The van der Waals surface area contributed by atoms with Gasteiger partial charge in [0.05, 0.1) is 5.52 Å². The predicted octanol–water partition coefficient (Wildman–Crippen LogP) is 3.71. The summed E-state index contributed by atoms with van der Waals surface area (Å²) in [7, 11) is 2.18. The smallest absolute Gasteiger partial charge is 0.0702 e. The number of aromatic nitrogens is 1. The van der Waals surface area contributed by atoms with Gasteiger partial charge in [-0.2, -0.15) is 0 Å². The van der Waals surface area contributed by atoms with Crippen LogP contribution in [-0.2, 0) is 6.54 Å². The molecule has 0 spiro atoms. The number of benzene rings is 1. The molecule has 2 rings (SSSR count). The third kappa shape index (κ3) is 3.54. The first-order chi connectivity index (χ1) is 8.65. The Hall–Kier alpha value is -1.41. The minimum atomic E-state index is 0.766. The van der Waals surface area contributed by atoms with E-state index in [1.165, 1.54) is 17.4 Å². The summed E-state index contributed by atoms with van der Waals surface area (Å²) in [5.74, 6) is 0.766. The van der Waals surface area contributed by atoms with Crippen molar-refractivity contribution in [2.24, 2.45) is 5.92 Å². The summed E-state index contributed by atoms with van der Waals surface area (Å²) in [6, 6.07) is 10.5. The van der Waals surface area contributed by atoms with E-state index >= 15 is 0 Å². The number of fused-ring (bicyclic) bond motifs is 1. The van der Waals surface area contributed by atoms with E-state index in [9.17, 15) is 0 Å². The van der Waals surface area contributed by atoms with Crippen LogP contribution in [0.15, 0.2) is 36.5 Å². The lowest BCUT2D eigenvalue weighted by atomic mass is 10.1. The summed E-state index contributed by atoms with van der Waals surface area (Å²) in [4.78, 5) is 6.87. The van der Waals surface area contributed by atoms with Gasteiger partial charge in [-0.05, 0) is 43.6 Å². The Morgan fingerprint density at radius 3 is 2.78 bits per heavy atom. The maximum atomic E-state index is 4.50. The average Bonchev–Trinajstić information content (AvgIpc) is 2.36. The van der Waals surface area contributed by atoms with Crippen LogP contribution < -0.4 is 0 Å². The largest absolute Gasteiger partial charge is 0.302 e. The molecule has 0 atom stereocenters. The van der Waals surface area contributed by atoms with E-state index < -0.39 is 0 Å². The normalized spacial score (nSPS) is 11.6. The van der Waals surface area contributed by atoms with Crippen LogP contribution in [0, 0.1) is 5.92 Å². The first-order valence-corrected chi connectivity index (χ1v) is 6.67. The van der Waals surface area contributed by atoms with Crippen molar-refractivity contribution in [3.05, 3.63) is 42.1 Å². The van der Waals surface area contributed by atoms with E-state index in [4.69, 9.17) is 0 Å². The second kappa shape index (κ2) is 5.96. The lowest BCUT2D eigenvalue weighted by molar-refractivity contribution is 0.303. The number of nitrogens with zero attached hydrogens (tertiary/aromatic N) is 2. The highest BCUT2D eigenvalue weighted by atomic mass is 15.1. The second-order valence-electron chi connectivity index (χ2n) is 5.46. The Morgan fingerprint density at radius 2 is 2.00 bits per heavy atom. The summed E-state index contributed by atoms with van der Waals surface area (Å²) in [5.41, 5.74) is 2.37. The molecule has 0 fully saturated rings. The van der Waals surface area contributed by atoms with Gasteiger partial charge in [-0.3, -0.25) is 4.98 Å². The Morgan fingerprint density at radius 1 is 1.22 bits per heavy atom.